The third kappa shape index (κ3) is 39.7. The fourth-order valence-electron chi connectivity index (χ4n) is 6.97. The smallest absolute Gasteiger partial charge is 0.306 e. The molecule has 0 aliphatic carbocycles. The summed E-state index contributed by atoms with van der Waals surface area (Å²) in [6, 6.07) is 0. The van der Waals surface area contributed by atoms with Crippen molar-refractivity contribution in [1.29, 1.82) is 0 Å². The Labute approximate surface area is 312 Å². The molecule has 0 rings (SSSR count). The zero-order valence-corrected chi connectivity index (χ0v) is 33.9. The highest BCUT2D eigenvalue weighted by Gasteiger charge is 2.16. The van der Waals surface area contributed by atoms with Crippen molar-refractivity contribution in [3.8, 4) is 0 Å². The van der Waals surface area contributed by atoms with Crippen molar-refractivity contribution in [1.82, 2.24) is 0 Å². The van der Waals surface area contributed by atoms with Gasteiger partial charge in [-0.1, -0.05) is 232 Å². The summed E-state index contributed by atoms with van der Waals surface area (Å²) in [5.41, 5.74) is 0. The van der Waals surface area contributed by atoms with E-state index in [0.717, 1.165) is 32.1 Å². The number of ether oxygens (including phenoxy) is 2. The Kier molecular flexibility index (Phi) is 41.4. The quantitative estimate of drug-likeness (QED) is 0.0505. The van der Waals surface area contributed by atoms with Gasteiger partial charge in [0.1, 0.15) is 6.61 Å². The van der Waals surface area contributed by atoms with E-state index in [1.165, 1.54) is 199 Å². The van der Waals surface area contributed by atoms with Crippen molar-refractivity contribution in [2.45, 2.75) is 264 Å². The van der Waals surface area contributed by atoms with Crippen molar-refractivity contribution < 1.29 is 24.2 Å². The van der Waals surface area contributed by atoms with Crippen molar-refractivity contribution >= 4 is 11.9 Å². The van der Waals surface area contributed by atoms with Crippen molar-refractivity contribution in [3.63, 3.8) is 0 Å². The van der Waals surface area contributed by atoms with Gasteiger partial charge in [-0.3, -0.25) is 9.59 Å². The van der Waals surface area contributed by atoms with Crippen molar-refractivity contribution in [2.75, 3.05) is 13.2 Å². The molecule has 0 aliphatic rings. The molecule has 0 fully saturated rings. The molecule has 1 N–H and O–H groups in total. The number of unbranched alkanes of at least 4 members (excludes halogenated alkanes) is 34. The predicted molar refractivity (Wildman–Crippen MR) is 215 cm³/mol. The molecule has 0 radical (unpaired) electrons. The molecule has 0 saturated carbocycles. The minimum Gasteiger partial charge on any atom is -0.462 e. The Hall–Kier alpha value is -1.10. The maximum Gasteiger partial charge on any atom is 0.306 e. The summed E-state index contributed by atoms with van der Waals surface area (Å²) in [7, 11) is 0. The van der Waals surface area contributed by atoms with Crippen LogP contribution in [0.1, 0.15) is 258 Å². The highest BCUT2D eigenvalue weighted by atomic mass is 16.6. The van der Waals surface area contributed by atoms with Gasteiger partial charge in [-0.25, -0.2) is 0 Å². The molecular weight excluding hydrogens is 620 g/mol. The Morgan fingerprint density at radius 3 is 0.880 bits per heavy atom. The zero-order chi connectivity index (χ0) is 36.4. The van der Waals surface area contributed by atoms with Crippen molar-refractivity contribution in [2.24, 2.45) is 0 Å². The van der Waals surface area contributed by atoms with E-state index in [9.17, 15) is 14.7 Å². The van der Waals surface area contributed by atoms with Gasteiger partial charge < -0.3 is 14.6 Å². The maximum atomic E-state index is 12.2. The van der Waals surface area contributed by atoms with Crippen LogP contribution in [0, 0.1) is 0 Å². The predicted octanol–water partition coefficient (Wildman–Crippen LogP) is 14.3. The molecule has 50 heavy (non-hydrogen) atoms. The number of hydrogen-bond acceptors (Lipinski definition) is 5. The second-order valence-electron chi connectivity index (χ2n) is 15.5. The van der Waals surface area contributed by atoms with Gasteiger partial charge in [0, 0.05) is 12.8 Å². The second-order valence-corrected chi connectivity index (χ2v) is 15.5. The molecule has 0 heterocycles. The van der Waals surface area contributed by atoms with E-state index in [1.54, 1.807) is 0 Å². The van der Waals surface area contributed by atoms with Gasteiger partial charge in [-0.05, 0) is 12.8 Å². The summed E-state index contributed by atoms with van der Waals surface area (Å²) in [5.74, 6) is -0.570. The summed E-state index contributed by atoms with van der Waals surface area (Å²) in [6.07, 6.45) is 47.5. The molecule has 0 aromatic carbocycles. The number of aliphatic hydroxyl groups is 1. The lowest BCUT2D eigenvalue weighted by atomic mass is 10.0. The summed E-state index contributed by atoms with van der Waals surface area (Å²) in [4.78, 5) is 24.3. The molecule has 0 bridgehead atoms. The van der Waals surface area contributed by atoms with Crippen LogP contribution >= 0.6 is 0 Å². The lowest BCUT2D eigenvalue weighted by molar-refractivity contribution is -0.161. The van der Waals surface area contributed by atoms with Crippen molar-refractivity contribution in [3.05, 3.63) is 0 Å². The largest absolute Gasteiger partial charge is 0.462 e. The number of carbonyl (C=O) groups excluding carboxylic acids is 2. The second kappa shape index (κ2) is 42.3. The van der Waals surface area contributed by atoms with Crippen LogP contribution in [0.5, 0.6) is 0 Å². The number of aliphatic hydroxyl groups excluding tert-OH is 1. The summed E-state index contributed by atoms with van der Waals surface area (Å²) < 4.78 is 10.7. The van der Waals surface area contributed by atoms with Gasteiger partial charge in [0.15, 0.2) is 6.10 Å². The Balaban J connectivity index is 3.45. The Morgan fingerprint density at radius 1 is 0.380 bits per heavy atom. The highest BCUT2D eigenvalue weighted by Crippen LogP contribution is 2.17. The summed E-state index contributed by atoms with van der Waals surface area (Å²) in [6.45, 7) is 4.18. The fraction of sp³-hybridized carbons (Fsp3) is 0.956. The van der Waals surface area contributed by atoms with Gasteiger partial charge >= 0.3 is 11.9 Å². The number of rotatable bonds is 42. The van der Waals surface area contributed by atoms with Crippen LogP contribution in [0.3, 0.4) is 0 Å². The molecule has 0 aromatic rings. The number of esters is 2. The molecule has 0 aliphatic heterocycles. The maximum absolute atomic E-state index is 12.2. The van der Waals surface area contributed by atoms with Gasteiger partial charge in [-0.2, -0.15) is 0 Å². The normalized spacial score (nSPS) is 12.0. The van der Waals surface area contributed by atoms with Crippen LogP contribution in [0.4, 0.5) is 0 Å². The molecule has 0 amide bonds. The van der Waals surface area contributed by atoms with Crippen LogP contribution in [0.25, 0.3) is 0 Å². The lowest BCUT2D eigenvalue weighted by Crippen LogP contribution is -2.28. The molecule has 0 spiro atoms. The SMILES string of the molecule is CCCCCCCCCCCCCCCCCCCCCC(=O)O[C@@H](CO)COC(=O)CCCCCCCCCCCCCCCCCCC. The van der Waals surface area contributed by atoms with Crippen LogP contribution in [-0.4, -0.2) is 36.4 Å². The van der Waals surface area contributed by atoms with Gasteiger partial charge in [0.05, 0.1) is 6.61 Å². The lowest BCUT2D eigenvalue weighted by Gasteiger charge is -2.15. The first-order chi connectivity index (χ1) is 24.6. The third-order valence-electron chi connectivity index (χ3n) is 10.4. The molecule has 5 nitrogen and oxygen atoms in total. The van der Waals surface area contributed by atoms with Crippen LogP contribution in [-0.2, 0) is 19.1 Å². The van der Waals surface area contributed by atoms with E-state index in [4.69, 9.17) is 9.47 Å². The van der Waals surface area contributed by atoms with Gasteiger partial charge in [0.25, 0.3) is 0 Å². The first kappa shape index (κ1) is 48.9. The molecule has 298 valence electrons. The Bertz CT molecular complexity index is 680. The molecular formula is C45H88O5. The topological polar surface area (TPSA) is 72.8 Å². The van der Waals surface area contributed by atoms with Crippen LogP contribution < -0.4 is 0 Å². The minimum atomic E-state index is -0.762. The minimum absolute atomic E-state index is 0.0563. The average molecular weight is 709 g/mol. The molecule has 0 saturated heterocycles. The molecule has 0 unspecified atom stereocenters. The zero-order valence-electron chi connectivity index (χ0n) is 33.9. The average Bonchev–Trinajstić information content (AvgIpc) is 3.12. The van der Waals surface area contributed by atoms with Gasteiger partial charge in [0.2, 0.25) is 0 Å². The van der Waals surface area contributed by atoms with Crippen LogP contribution in [0.15, 0.2) is 0 Å². The van der Waals surface area contributed by atoms with Gasteiger partial charge in [-0.15, -0.1) is 0 Å². The van der Waals surface area contributed by atoms with E-state index in [2.05, 4.69) is 13.8 Å². The fourth-order valence-corrected chi connectivity index (χ4v) is 6.97. The summed E-state index contributed by atoms with van der Waals surface area (Å²) in [5, 5.41) is 9.59. The summed E-state index contributed by atoms with van der Waals surface area (Å²) >= 11 is 0. The standard InChI is InChI=1S/C45H88O5/c1-3-5-7-9-11-13-15-17-19-21-22-24-26-28-30-32-34-36-38-40-45(48)50-43(41-46)42-49-44(47)39-37-35-33-31-29-27-25-23-20-18-16-14-12-10-8-6-4-2/h43,46H,3-42H2,1-2H3/t43-/m0/s1. The highest BCUT2D eigenvalue weighted by molar-refractivity contribution is 5.70. The Morgan fingerprint density at radius 2 is 0.620 bits per heavy atom. The third-order valence-corrected chi connectivity index (χ3v) is 10.4. The van der Waals surface area contributed by atoms with E-state index in [1.807, 2.05) is 0 Å². The van der Waals surface area contributed by atoms with Crippen LogP contribution in [0.2, 0.25) is 0 Å². The van der Waals surface area contributed by atoms with E-state index in [-0.39, 0.29) is 25.2 Å². The first-order valence-electron chi connectivity index (χ1n) is 22.6. The monoisotopic (exact) mass is 709 g/mol. The molecule has 1 atom stereocenters. The number of hydrogen-bond donors (Lipinski definition) is 1. The molecule has 0 aromatic heterocycles. The first-order valence-corrected chi connectivity index (χ1v) is 22.6. The number of carbonyl (C=O) groups is 2. The van der Waals surface area contributed by atoms with E-state index >= 15 is 0 Å². The van der Waals surface area contributed by atoms with E-state index < -0.39 is 6.10 Å². The van der Waals surface area contributed by atoms with E-state index in [0.29, 0.717) is 12.8 Å². The molecule has 5 heteroatoms.